The van der Waals surface area contributed by atoms with Crippen LogP contribution in [0, 0.1) is 5.82 Å². The van der Waals surface area contributed by atoms with Gasteiger partial charge in [-0.3, -0.25) is 0 Å². The number of esters is 1. The topological polar surface area (TPSA) is 74.5 Å². The van der Waals surface area contributed by atoms with Crippen molar-refractivity contribution in [3.8, 4) is 17.1 Å². The summed E-state index contributed by atoms with van der Waals surface area (Å²) in [5, 5.41) is 3.81. The Labute approximate surface area is 136 Å². The molecular formula is C17H13FN2O4. The minimum Gasteiger partial charge on any atom is -0.497 e. The average Bonchev–Trinajstić information content (AvgIpc) is 3.09. The molecule has 0 fully saturated rings. The molecule has 3 rings (SSSR count). The predicted octanol–water partition coefficient (Wildman–Crippen LogP) is 3.24. The van der Waals surface area contributed by atoms with Crippen molar-refractivity contribution in [2.75, 3.05) is 7.11 Å². The Hall–Kier alpha value is -3.22. The van der Waals surface area contributed by atoms with E-state index in [-0.39, 0.29) is 18.1 Å². The average molecular weight is 328 g/mol. The maximum Gasteiger partial charge on any atom is 0.341 e. The van der Waals surface area contributed by atoms with Gasteiger partial charge in [0.2, 0.25) is 5.82 Å². The predicted molar refractivity (Wildman–Crippen MR) is 81.8 cm³/mol. The number of ether oxygens (including phenoxy) is 2. The standard InChI is InChI=1S/C17H13FN2O4/c1-22-12-7-8-13(14(18)9-12)17(21)23-10-15-19-16(20-24-15)11-5-3-2-4-6-11/h2-9H,10H2,1H3. The van der Waals surface area contributed by atoms with E-state index in [1.165, 1.54) is 19.2 Å². The van der Waals surface area contributed by atoms with Gasteiger partial charge >= 0.3 is 5.97 Å². The summed E-state index contributed by atoms with van der Waals surface area (Å²) in [6, 6.07) is 13.1. The molecule has 0 amide bonds. The molecule has 6 nitrogen and oxygen atoms in total. The zero-order valence-corrected chi connectivity index (χ0v) is 12.7. The number of carbonyl (C=O) groups excluding carboxylic acids is 1. The third-order valence-electron chi connectivity index (χ3n) is 3.22. The van der Waals surface area contributed by atoms with Crippen LogP contribution in [0.25, 0.3) is 11.4 Å². The lowest BCUT2D eigenvalue weighted by Crippen LogP contribution is -2.08. The van der Waals surface area contributed by atoms with E-state index < -0.39 is 11.8 Å². The highest BCUT2D eigenvalue weighted by Gasteiger charge is 2.16. The van der Waals surface area contributed by atoms with Crippen molar-refractivity contribution in [1.29, 1.82) is 0 Å². The quantitative estimate of drug-likeness (QED) is 0.669. The number of benzene rings is 2. The fourth-order valence-corrected chi connectivity index (χ4v) is 2.01. The van der Waals surface area contributed by atoms with E-state index in [0.717, 1.165) is 11.6 Å². The molecule has 24 heavy (non-hydrogen) atoms. The zero-order valence-electron chi connectivity index (χ0n) is 12.7. The number of methoxy groups -OCH3 is 1. The van der Waals surface area contributed by atoms with Crippen molar-refractivity contribution in [1.82, 2.24) is 10.1 Å². The molecule has 122 valence electrons. The van der Waals surface area contributed by atoms with Crippen LogP contribution in [0.3, 0.4) is 0 Å². The number of nitrogens with zero attached hydrogens (tertiary/aromatic N) is 2. The van der Waals surface area contributed by atoms with Gasteiger partial charge in [0.25, 0.3) is 5.89 Å². The summed E-state index contributed by atoms with van der Waals surface area (Å²) in [4.78, 5) is 16.0. The van der Waals surface area contributed by atoms with Crippen LogP contribution in [0.5, 0.6) is 5.75 Å². The summed E-state index contributed by atoms with van der Waals surface area (Å²) in [5.74, 6) is -0.730. The van der Waals surface area contributed by atoms with E-state index in [0.29, 0.717) is 11.6 Å². The zero-order chi connectivity index (χ0) is 16.9. The fourth-order valence-electron chi connectivity index (χ4n) is 2.01. The molecule has 1 aromatic heterocycles. The van der Waals surface area contributed by atoms with Gasteiger partial charge in [-0.25, -0.2) is 9.18 Å². The summed E-state index contributed by atoms with van der Waals surface area (Å²) in [6.07, 6.45) is 0. The van der Waals surface area contributed by atoms with Crippen molar-refractivity contribution < 1.29 is 23.2 Å². The Balaban J connectivity index is 1.66. The minimum atomic E-state index is -0.824. The van der Waals surface area contributed by atoms with Crippen molar-refractivity contribution in [2.24, 2.45) is 0 Å². The van der Waals surface area contributed by atoms with Gasteiger partial charge < -0.3 is 14.0 Å². The normalized spacial score (nSPS) is 10.4. The fraction of sp³-hybridized carbons (Fsp3) is 0.118. The molecule has 0 spiro atoms. The number of hydrogen-bond donors (Lipinski definition) is 0. The van der Waals surface area contributed by atoms with Crippen LogP contribution < -0.4 is 4.74 Å². The Morgan fingerprint density at radius 3 is 2.71 bits per heavy atom. The largest absolute Gasteiger partial charge is 0.497 e. The highest BCUT2D eigenvalue weighted by Crippen LogP contribution is 2.18. The molecule has 0 bridgehead atoms. The van der Waals surface area contributed by atoms with Crippen LogP contribution in [0.4, 0.5) is 4.39 Å². The highest BCUT2D eigenvalue weighted by atomic mass is 19.1. The Morgan fingerprint density at radius 2 is 2.00 bits per heavy atom. The first-order valence-electron chi connectivity index (χ1n) is 7.06. The SMILES string of the molecule is COc1ccc(C(=O)OCc2nc(-c3ccccc3)no2)c(F)c1. The Morgan fingerprint density at radius 1 is 1.21 bits per heavy atom. The van der Waals surface area contributed by atoms with Crippen LogP contribution in [0.1, 0.15) is 16.2 Å². The second-order valence-corrected chi connectivity index (χ2v) is 4.80. The molecule has 0 radical (unpaired) electrons. The lowest BCUT2D eigenvalue weighted by atomic mass is 10.2. The molecule has 0 aliphatic carbocycles. The summed E-state index contributed by atoms with van der Waals surface area (Å²) >= 11 is 0. The lowest BCUT2D eigenvalue weighted by Gasteiger charge is -2.05. The first-order chi connectivity index (χ1) is 11.7. The minimum absolute atomic E-state index is 0.121. The second-order valence-electron chi connectivity index (χ2n) is 4.80. The smallest absolute Gasteiger partial charge is 0.341 e. The van der Waals surface area contributed by atoms with Crippen molar-refractivity contribution >= 4 is 5.97 Å². The first-order valence-corrected chi connectivity index (χ1v) is 7.06. The number of hydrogen-bond acceptors (Lipinski definition) is 6. The van der Waals surface area contributed by atoms with Crippen LogP contribution in [0.15, 0.2) is 53.1 Å². The highest BCUT2D eigenvalue weighted by molar-refractivity contribution is 5.89. The molecular weight excluding hydrogens is 315 g/mol. The van der Waals surface area contributed by atoms with E-state index in [1.807, 2.05) is 30.3 Å². The number of rotatable bonds is 5. The van der Waals surface area contributed by atoms with Gasteiger partial charge in [-0.15, -0.1) is 0 Å². The first kappa shape index (κ1) is 15.7. The molecule has 7 heteroatoms. The van der Waals surface area contributed by atoms with Crippen molar-refractivity contribution in [3.63, 3.8) is 0 Å². The molecule has 0 N–H and O–H groups in total. The van der Waals surface area contributed by atoms with Gasteiger partial charge in [-0.2, -0.15) is 4.98 Å². The van der Waals surface area contributed by atoms with Crippen molar-refractivity contribution in [2.45, 2.75) is 6.61 Å². The molecule has 1 heterocycles. The third kappa shape index (κ3) is 3.40. The molecule has 0 atom stereocenters. The van der Waals surface area contributed by atoms with E-state index >= 15 is 0 Å². The molecule has 2 aromatic carbocycles. The van der Waals surface area contributed by atoms with Crippen LogP contribution in [-0.2, 0) is 11.3 Å². The van der Waals surface area contributed by atoms with Gasteiger partial charge in [0.05, 0.1) is 12.7 Å². The van der Waals surface area contributed by atoms with E-state index in [1.54, 1.807) is 0 Å². The van der Waals surface area contributed by atoms with E-state index in [4.69, 9.17) is 14.0 Å². The molecule has 0 aliphatic rings. The van der Waals surface area contributed by atoms with Gasteiger partial charge in [-0.1, -0.05) is 35.5 Å². The van der Waals surface area contributed by atoms with Crippen molar-refractivity contribution in [3.05, 3.63) is 65.8 Å². The van der Waals surface area contributed by atoms with E-state index in [9.17, 15) is 9.18 Å². The maximum atomic E-state index is 13.8. The summed E-state index contributed by atoms with van der Waals surface area (Å²) in [5.41, 5.74) is 0.582. The second kappa shape index (κ2) is 6.91. The molecule has 0 saturated carbocycles. The number of halogens is 1. The number of carbonyl (C=O) groups is 1. The third-order valence-corrected chi connectivity index (χ3v) is 3.22. The molecule has 0 saturated heterocycles. The molecule has 0 unspecified atom stereocenters. The van der Waals surface area contributed by atoms with Gasteiger partial charge in [0.1, 0.15) is 11.6 Å². The van der Waals surface area contributed by atoms with Crippen LogP contribution in [-0.4, -0.2) is 23.2 Å². The van der Waals surface area contributed by atoms with Crippen LogP contribution >= 0.6 is 0 Å². The van der Waals surface area contributed by atoms with Gasteiger partial charge in [0.15, 0.2) is 6.61 Å². The maximum absolute atomic E-state index is 13.8. The monoisotopic (exact) mass is 328 g/mol. The van der Waals surface area contributed by atoms with Crippen LogP contribution in [0.2, 0.25) is 0 Å². The number of aromatic nitrogens is 2. The van der Waals surface area contributed by atoms with Gasteiger partial charge in [0, 0.05) is 11.6 Å². The molecule has 0 aliphatic heterocycles. The van der Waals surface area contributed by atoms with E-state index in [2.05, 4.69) is 10.1 Å². The summed E-state index contributed by atoms with van der Waals surface area (Å²) < 4.78 is 28.7. The Bertz CT molecular complexity index is 849. The Kier molecular flexibility index (Phi) is 4.51. The summed E-state index contributed by atoms with van der Waals surface area (Å²) in [7, 11) is 1.41. The molecule has 3 aromatic rings. The lowest BCUT2D eigenvalue weighted by molar-refractivity contribution is 0.0424. The van der Waals surface area contributed by atoms with Gasteiger partial charge in [-0.05, 0) is 12.1 Å². The summed E-state index contributed by atoms with van der Waals surface area (Å²) in [6.45, 7) is -0.246.